The van der Waals surface area contributed by atoms with E-state index in [0.29, 0.717) is 10.6 Å². The Morgan fingerprint density at radius 3 is 2.75 bits per heavy atom. The van der Waals surface area contributed by atoms with Crippen LogP contribution in [0.25, 0.3) is 0 Å². The van der Waals surface area contributed by atoms with Gasteiger partial charge in [-0.3, -0.25) is 14.9 Å². The van der Waals surface area contributed by atoms with Gasteiger partial charge in [0.25, 0.3) is 5.69 Å². The Balaban J connectivity index is 3.07. The van der Waals surface area contributed by atoms with Gasteiger partial charge < -0.3 is 5.11 Å². The van der Waals surface area contributed by atoms with Crippen LogP contribution < -0.4 is 0 Å². The summed E-state index contributed by atoms with van der Waals surface area (Å²) in [6.45, 7) is 1.30. The third-order valence-electron chi connectivity index (χ3n) is 1.91. The Morgan fingerprint density at radius 2 is 2.25 bits per heavy atom. The number of carbonyl (C=O) groups is 1. The Hall–Kier alpha value is -1.40. The van der Waals surface area contributed by atoms with Crippen molar-refractivity contribution in [1.82, 2.24) is 0 Å². The summed E-state index contributed by atoms with van der Waals surface area (Å²) < 4.78 is 0. The first-order valence-corrected chi connectivity index (χ1v) is 5.58. The van der Waals surface area contributed by atoms with Crippen molar-refractivity contribution in [2.75, 3.05) is 12.4 Å². The van der Waals surface area contributed by atoms with Gasteiger partial charge in [-0.15, -0.1) is 11.8 Å². The average Bonchev–Trinajstić information content (AvgIpc) is 2.25. The molecule has 1 aromatic rings. The van der Waals surface area contributed by atoms with Crippen LogP contribution >= 0.6 is 11.8 Å². The number of nitro groups is 1. The molecule has 0 saturated heterocycles. The highest BCUT2D eigenvalue weighted by molar-refractivity contribution is 7.99. The molecule has 0 fully saturated rings. The molecule has 1 aromatic carbocycles. The number of rotatable bonds is 5. The lowest BCUT2D eigenvalue weighted by molar-refractivity contribution is -0.385. The highest BCUT2D eigenvalue weighted by Gasteiger charge is 2.17. The topological polar surface area (TPSA) is 80.4 Å². The minimum atomic E-state index is -0.570. The van der Waals surface area contributed by atoms with E-state index in [0.717, 1.165) is 0 Å². The fourth-order valence-corrected chi connectivity index (χ4v) is 1.90. The Bertz CT molecular complexity index is 419. The number of aliphatic hydroxyl groups is 1. The molecule has 1 N–H and O–H groups in total. The summed E-state index contributed by atoms with van der Waals surface area (Å²) in [4.78, 5) is 22.0. The summed E-state index contributed by atoms with van der Waals surface area (Å²) >= 11 is 1.31. The summed E-state index contributed by atoms with van der Waals surface area (Å²) in [6, 6.07) is 4.45. The van der Waals surface area contributed by atoms with E-state index in [2.05, 4.69) is 0 Å². The van der Waals surface area contributed by atoms with Crippen LogP contribution in [-0.4, -0.2) is 28.2 Å². The normalized spacial score (nSPS) is 10.1. The highest BCUT2D eigenvalue weighted by Crippen LogP contribution is 2.26. The van der Waals surface area contributed by atoms with Crippen molar-refractivity contribution >= 4 is 23.2 Å². The third-order valence-corrected chi connectivity index (χ3v) is 2.88. The first-order valence-electron chi connectivity index (χ1n) is 4.59. The first kappa shape index (κ1) is 12.7. The van der Waals surface area contributed by atoms with Crippen molar-refractivity contribution in [2.45, 2.75) is 11.8 Å². The second-order valence-corrected chi connectivity index (χ2v) is 4.23. The fourth-order valence-electron chi connectivity index (χ4n) is 1.21. The predicted octanol–water partition coefficient (Wildman–Crippen LogP) is 1.88. The Morgan fingerprint density at radius 1 is 1.56 bits per heavy atom. The summed E-state index contributed by atoms with van der Waals surface area (Å²) in [5.41, 5.74) is -0.0752. The molecule has 86 valence electrons. The second kappa shape index (κ2) is 5.62. The van der Waals surface area contributed by atoms with E-state index in [9.17, 15) is 14.9 Å². The van der Waals surface area contributed by atoms with E-state index in [1.165, 1.54) is 30.8 Å². The molecule has 0 amide bonds. The van der Waals surface area contributed by atoms with Gasteiger partial charge in [-0.05, 0) is 19.1 Å². The summed E-state index contributed by atoms with van der Waals surface area (Å²) in [5.74, 6) is 0.140. The van der Waals surface area contributed by atoms with Crippen molar-refractivity contribution in [2.24, 2.45) is 0 Å². The van der Waals surface area contributed by atoms with E-state index >= 15 is 0 Å². The van der Waals surface area contributed by atoms with Crippen molar-refractivity contribution in [3.63, 3.8) is 0 Å². The quantitative estimate of drug-likeness (QED) is 0.368. The summed E-state index contributed by atoms with van der Waals surface area (Å²) in [5, 5.41) is 19.4. The number of nitrogens with zero attached hydrogens (tertiary/aromatic N) is 1. The zero-order chi connectivity index (χ0) is 12.1. The third kappa shape index (κ3) is 3.04. The molecule has 16 heavy (non-hydrogen) atoms. The molecule has 0 aliphatic rings. The molecule has 6 heteroatoms. The minimum absolute atomic E-state index is 0.00687. The van der Waals surface area contributed by atoms with Gasteiger partial charge in [0, 0.05) is 16.7 Å². The lowest BCUT2D eigenvalue weighted by Crippen LogP contribution is -2.00. The van der Waals surface area contributed by atoms with E-state index in [-0.39, 0.29) is 23.6 Å². The van der Waals surface area contributed by atoms with Gasteiger partial charge in [-0.25, -0.2) is 0 Å². The number of hydrogen-bond acceptors (Lipinski definition) is 5. The molecule has 1 rings (SSSR count). The van der Waals surface area contributed by atoms with Crippen LogP contribution in [0.4, 0.5) is 5.69 Å². The van der Waals surface area contributed by atoms with Crippen LogP contribution in [0.3, 0.4) is 0 Å². The van der Waals surface area contributed by atoms with Crippen LogP contribution in [0.1, 0.15) is 17.3 Å². The zero-order valence-electron chi connectivity index (χ0n) is 8.67. The van der Waals surface area contributed by atoms with Crippen LogP contribution in [0.15, 0.2) is 23.1 Å². The van der Waals surface area contributed by atoms with Crippen LogP contribution in [0.2, 0.25) is 0 Å². The lowest BCUT2D eigenvalue weighted by atomic mass is 10.1. The summed E-state index contributed by atoms with van der Waals surface area (Å²) in [6.07, 6.45) is 0. The van der Waals surface area contributed by atoms with Gasteiger partial charge in [0.1, 0.15) is 0 Å². The largest absolute Gasteiger partial charge is 0.396 e. The fraction of sp³-hybridized carbons (Fsp3) is 0.300. The van der Waals surface area contributed by atoms with Gasteiger partial charge in [-0.1, -0.05) is 0 Å². The van der Waals surface area contributed by atoms with Crippen LogP contribution in [-0.2, 0) is 0 Å². The second-order valence-electron chi connectivity index (χ2n) is 3.06. The number of carbonyl (C=O) groups excluding carboxylic acids is 1. The van der Waals surface area contributed by atoms with Gasteiger partial charge >= 0.3 is 0 Å². The van der Waals surface area contributed by atoms with E-state index in [4.69, 9.17) is 5.11 Å². The summed E-state index contributed by atoms with van der Waals surface area (Å²) in [7, 11) is 0. The van der Waals surface area contributed by atoms with Crippen molar-refractivity contribution < 1.29 is 14.8 Å². The van der Waals surface area contributed by atoms with E-state index in [1.807, 2.05) is 0 Å². The zero-order valence-corrected chi connectivity index (χ0v) is 9.49. The number of ketones is 1. The van der Waals surface area contributed by atoms with Gasteiger partial charge in [-0.2, -0.15) is 0 Å². The number of aliphatic hydroxyl groups excluding tert-OH is 1. The van der Waals surface area contributed by atoms with Crippen LogP contribution in [0.5, 0.6) is 0 Å². The molecular formula is C10H11NO4S. The Kier molecular flexibility index (Phi) is 4.45. The smallest absolute Gasteiger partial charge is 0.281 e. The predicted molar refractivity (Wildman–Crippen MR) is 60.9 cm³/mol. The number of hydrogen-bond donors (Lipinski definition) is 1. The molecule has 0 radical (unpaired) electrons. The maximum absolute atomic E-state index is 11.1. The number of Topliss-reactive ketones (excluding diaryl/α,β-unsaturated/α-hetero) is 1. The maximum Gasteiger partial charge on any atom is 0.281 e. The van der Waals surface area contributed by atoms with Crippen molar-refractivity contribution in [3.05, 3.63) is 33.9 Å². The molecule has 0 aliphatic carbocycles. The van der Waals surface area contributed by atoms with E-state index < -0.39 is 4.92 Å². The molecule has 0 unspecified atom stereocenters. The number of nitro benzene ring substituents is 1. The monoisotopic (exact) mass is 241 g/mol. The number of thioether (sulfide) groups is 1. The highest BCUT2D eigenvalue weighted by atomic mass is 32.2. The van der Waals surface area contributed by atoms with Crippen molar-refractivity contribution in [1.29, 1.82) is 0 Å². The molecule has 0 aromatic heterocycles. The number of benzene rings is 1. The molecule has 0 atom stereocenters. The molecule has 0 saturated carbocycles. The molecule has 0 bridgehead atoms. The molecule has 0 heterocycles. The van der Waals surface area contributed by atoms with Crippen molar-refractivity contribution in [3.8, 4) is 0 Å². The SMILES string of the molecule is CC(=O)c1ccc(SCCO)cc1[N+](=O)[O-]. The van der Waals surface area contributed by atoms with Crippen LogP contribution in [0, 0.1) is 10.1 Å². The Labute approximate surface area is 96.6 Å². The van der Waals surface area contributed by atoms with E-state index in [1.54, 1.807) is 6.07 Å². The van der Waals surface area contributed by atoms with Gasteiger partial charge in [0.2, 0.25) is 0 Å². The first-order chi connectivity index (χ1) is 7.56. The average molecular weight is 241 g/mol. The molecule has 0 aliphatic heterocycles. The van der Waals surface area contributed by atoms with Gasteiger partial charge in [0.15, 0.2) is 5.78 Å². The molecule has 5 nitrogen and oxygen atoms in total. The standard InChI is InChI=1S/C10H11NO4S/c1-7(13)9-3-2-8(16-5-4-12)6-10(9)11(14)15/h2-3,6,12H,4-5H2,1H3. The maximum atomic E-state index is 11.1. The lowest BCUT2D eigenvalue weighted by Gasteiger charge is -2.02. The van der Waals surface area contributed by atoms with Gasteiger partial charge in [0.05, 0.1) is 17.1 Å². The minimum Gasteiger partial charge on any atom is -0.396 e. The molecular weight excluding hydrogens is 230 g/mol. The molecule has 0 spiro atoms.